The van der Waals surface area contributed by atoms with Crippen molar-refractivity contribution >= 4 is 40.3 Å². The maximum absolute atomic E-state index is 14.3. The van der Waals surface area contributed by atoms with Crippen LogP contribution in [0.2, 0.25) is 0 Å². The van der Waals surface area contributed by atoms with E-state index in [1.54, 1.807) is 72.3 Å². The van der Waals surface area contributed by atoms with Gasteiger partial charge in [0.05, 0.1) is 55.2 Å². The summed E-state index contributed by atoms with van der Waals surface area (Å²) in [6.07, 6.45) is 2.36. The highest BCUT2D eigenvalue weighted by atomic mass is 19.1. The number of fused-ring (bicyclic) bond motifs is 1. The molecule has 0 bridgehead atoms. The molecule has 258 valence electrons. The van der Waals surface area contributed by atoms with E-state index in [-0.39, 0.29) is 43.5 Å². The van der Waals surface area contributed by atoms with E-state index in [0.717, 1.165) is 0 Å². The number of alkyl carbamates (subject to hydrolysis) is 1. The van der Waals surface area contributed by atoms with Gasteiger partial charge in [0.2, 0.25) is 5.91 Å². The number of benzene rings is 3. The molecule has 0 radical (unpaired) electrons. The zero-order valence-electron chi connectivity index (χ0n) is 27.6. The van der Waals surface area contributed by atoms with E-state index in [0.29, 0.717) is 28.0 Å². The third-order valence-electron chi connectivity index (χ3n) is 8.35. The number of ether oxygens (including phenoxy) is 1. The van der Waals surface area contributed by atoms with Crippen LogP contribution in [0, 0.1) is 5.82 Å². The van der Waals surface area contributed by atoms with E-state index in [4.69, 9.17) is 4.98 Å². The maximum atomic E-state index is 14.3. The van der Waals surface area contributed by atoms with Crippen molar-refractivity contribution in [3.63, 3.8) is 0 Å². The third kappa shape index (κ3) is 6.94. The van der Waals surface area contributed by atoms with Crippen molar-refractivity contribution in [2.45, 2.75) is 25.9 Å². The summed E-state index contributed by atoms with van der Waals surface area (Å²) < 4.78 is 19.8. The molecule has 3 heterocycles. The maximum Gasteiger partial charge on any atom is 0.407 e. The molecule has 2 N–H and O–H groups in total. The van der Waals surface area contributed by atoms with Crippen LogP contribution in [0.4, 0.5) is 25.4 Å². The Morgan fingerprint density at radius 1 is 0.920 bits per heavy atom. The summed E-state index contributed by atoms with van der Waals surface area (Å²) in [5.41, 5.74) is 1.49. The fourth-order valence-electron chi connectivity index (χ4n) is 5.84. The van der Waals surface area contributed by atoms with Crippen LogP contribution in [0.25, 0.3) is 16.6 Å². The number of carbonyl (C=O) groups is 3. The smallest absolute Gasteiger partial charge is 0.407 e. The van der Waals surface area contributed by atoms with E-state index >= 15 is 0 Å². The Morgan fingerprint density at radius 3 is 2.32 bits per heavy atom. The van der Waals surface area contributed by atoms with Crippen molar-refractivity contribution in [1.82, 2.24) is 34.9 Å². The minimum absolute atomic E-state index is 0.257. The number of anilines is 2. The lowest BCUT2D eigenvalue weighted by Gasteiger charge is -2.39. The van der Waals surface area contributed by atoms with Gasteiger partial charge >= 0.3 is 12.1 Å². The van der Waals surface area contributed by atoms with Gasteiger partial charge in [0.1, 0.15) is 11.9 Å². The van der Waals surface area contributed by atoms with Crippen molar-refractivity contribution in [2.24, 2.45) is 0 Å². The summed E-state index contributed by atoms with van der Waals surface area (Å²) in [7, 11) is 1.22. The average Bonchev–Trinajstić information content (AvgIpc) is 3.68. The molecular formula is C34H35FN10O5. The Kier molecular flexibility index (Phi) is 9.69. The fourth-order valence-corrected chi connectivity index (χ4v) is 5.84. The quantitative estimate of drug-likeness (QED) is 0.250. The van der Waals surface area contributed by atoms with Crippen molar-refractivity contribution in [2.75, 3.05) is 48.5 Å². The molecule has 3 aromatic carbocycles. The predicted octanol–water partition coefficient (Wildman–Crippen LogP) is 3.44. The summed E-state index contributed by atoms with van der Waals surface area (Å²) in [4.78, 5) is 62.6. The van der Waals surface area contributed by atoms with Crippen molar-refractivity contribution in [1.29, 1.82) is 0 Å². The number of carbonyl (C=O) groups excluding carboxylic acids is 3. The Labute approximate surface area is 285 Å². The highest BCUT2D eigenvalue weighted by molar-refractivity contribution is 6.02. The number of hydrogen-bond donors (Lipinski definition) is 2. The van der Waals surface area contributed by atoms with Gasteiger partial charge in [-0.2, -0.15) is 15.0 Å². The minimum atomic E-state index is -0.850. The highest BCUT2D eigenvalue weighted by Crippen LogP contribution is 2.29. The van der Waals surface area contributed by atoms with Crippen LogP contribution in [0.1, 0.15) is 25.7 Å². The first-order valence-corrected chi connectivity index (χ1v) is 15.9. The molecule has 0 saturated carbocycles. The number of rotatable bonds is 8. The molecule has 50 heavy (non-hydrogen) atoms. The predicted molar refractivity (Wildman–Crippen MR) is 183 cm³/mol. The number of halogens is 1. The summed E-state index contributed by atoms with van der Waals surface area (Å²) in [6, 6.07) is 17.1. The summed E-state index contributed by atoms with van der Waals surface area (Å²) in [5, 5.41) is 15.9. The first-order chi connectivity index (χ1) is 24.1. The number of hydrogen-bond acceptors (Lipinski definition) is 9. The lowest BCUT2D eigenvalue weighted by molar-refractivity contribution is -0.133. The number of nitrogens with zero attached hydrogens (tertiary/aromatic N) is 8. The van der Waals surface area contributed by atoms with Gasteiger partial charge in [-0.05, 0) is 68.4 Å². The zero-order valence-corrected chi connectivity index (χ0v) is 27.6. The van der Waals surface area contributed by atoms with Crippen LogP contribution in [0.15, 0.2) is 90.0 Å². The van der Waals surface area contributed by atoms with Gasteiger partial charge in [-0.15, -0.1) is 0 Å². The molecular weight excluding hydrogens is 647 g/mol. The van der Waals surface area contributed by atoms with Gasteiger partial charge in [0, 0.05) is 24.5 Å². The van der Waals surface area contributed by atoms with E-state index < -0.39 is 30.0 Å². The third-order valence-corrected chi connectivity index (χ3v) is 8.35. The monoisotopic (exact) mass is 682 g/mol. The molecule has 15 nitrogen and oxygen atoms in total. The Morgan fingerprint density at radius 2 is 1.62 bits per heavy atom. The Bertz CT molecular complexity index is 2060. The largest absolute Gasteiger partial charge is 0.453 e. The van der Waals surface area contributed by atoms with Crippen molar-refractivity contribution in [3.8, 4) is 5.69 Å². The molecule has 5 aromatic rings. The number of piperazine rings is 1. The van der Waals surface area contributed by atoms with Crippen LogP contribution in [0.3, 0.4) is 0 Å². The number of urea groups is 1. The van der Waals surface area contributed by atoms with Crippen molar-refractivity contribution < 1.29 is 23.5 Å². The Balaban J connectivity index is 1.39. The standard InChI is InChI=1S/C34H35FN10O5/c1-22(38-34(49)50-3)31(46)41-17-19-42(20-18-41)44-30(40-29-10-5-4-9-28(29)32(44)47)23(2)43(33(48)39-25-13-11-24(35)12-14-25)26-7-6-8-27(21-26)45-36-15-16-37-45/h4-16,21-23H,17-20H2,1-3H3,(H,38,49)(H,39,48)/t22-,23?/m0/s1. The first-order valence-electron chi connectivity index (χ1n) is 15.9. The number of aromatic nitrogens is 5. The zero-order chi connectivity index (χ0) is 35.4. The van der Waals surface area contributed by atoms with E-state index in [9.17, 15) is 23.6 Å². The van der Waals surface area contributed by atoms with E-state index in [1.165, 1.54) is 58.1 Å². The number of amides is 4. The molecule has 1 fully saturated rings. The van der Waals surface area contributed by atoms with Crippen LogP contribution in [-0.4, -0.2) is 86.9 Å². The van der Waals surface area contributed by atoms with Crippen LogP contribution in [0.5, 0.6) is 0 Å². The normalized spacial score (nSPS) is 14.2. The molecule has 6 rings (SSSR count). The number of methoxy groups -OCH3 is 1. The summed E-state index contributed by atoms with van der Waals surface area (Å²) >= 11 is 0. The summed E-state index contributed by atoms with van der Waals surface area (Å²) in [5.74, 6) is -0.470. The average molecular weight is 683 g/mol. The van der Waals surface area contributed by atoms with Crippen LogP contribution in [-0.2, 0) is 9.53 Å². The van der Waals surface area contributed by atoms with E-state index in [2.05, 4.69) is 25.6 Å². The van der Waals surface area contributed by atoms with Crippen LogP contribution < -0.4 is 26.1 Å². The fraction of sp³-hybridized carbons (Fsp3) is 0.265. The van der Waals surface area contributed by atoms with Crippen LogP contribution >= 0.6 is 0 Å². The summed E-state index contributed by atoms with van der Waals surface area (Å²) in [6.45, 7) is 4.37. The second-order valence-corrected chi connectivity index (χ2v) is 11.6. The molecule has 1 saturated heterocycles. The first kappa shape index (κ1) is 33.6. The highest BCUT2D eigenvalue weighted by Gasteiger charge is 2.32. The van der Waals surface area contributed by atoms with Gasteiger partial charge in [-0.3, -0.25) is 14.5 Å². The van der Waals surface area contributed by atoms with Crippen molar-refractivity contribution in [3.05, 3.63) is 107 Å². The van der Waals surface area contributed by atoms with Gasteiger partial charge in [0.25, 0.3) is 5.56 Å². The Hall–Kier alpha value is -6.32. The topological polar surface area (TPSA) is 160 Å². The molecule has 4 amide bonds. The van der Waals surface area contributed by atoms with Gasteiger partial charge in [0.15, 0.2) is 5.82 Å². The molecule has 0 spiro atoms. The second-order valence-electron chi connectivity index (χ2n) is 11.6. The molecule has 16 heteroatoms. The molecule has 1 unspecified atom stereocenters. The molecule has 0 aliphatic carbocycles. The lowest BCUT2D eigenvalue weighted by atomic mass is 10.1. The van der Waals surface area contributed by atoms with Gasteiger partial charge in [-0.1, -0.05) is 18.2 Å². The molecule has 2 atom stereocenters. The molecule has 1 aliphatic rings. The molecule has 2 aromatic heterocycles. The lowest BCUT2D eigenvalue weighted by Crippen LogP contribution is -2.59. The second kappa shape index (κ2) is 14.4. The number of para-hydroxylation sites is 1. The van der Waals surface area contributed by atoms with Gasteiger partial charge in [-0.25, -0.2) is 23.6 Å². The minimum Gasteiger partial charge on any atom is -0.453 e. The van der Waals surface area contributed by atoms with Gasteiger partial charge < -0.3 is 25.3 Å². The molecule has 1 aliphatic heterocycles. The SMILES string of the molecule is COC(=O)N[C@@H](C)C(=O)N1CCN(n2c(C(C)N(C(=O)Nc3ccc(F)cc3)c3cccc(-n4nccn4)c3)nc3ccccc3c2=O)CC1. The van der Waals surface area contributed by atoms with E-state index in [1.807, 2.05) is 0 Å². The number of nitrogens with one attached hydrogen (secondary N) is 2.